The molecule has 4 aromatic rings. The Balaban J connectivity index is 1.56. The maximum Gasteiger partial charge on any atom is 0.338 e. The molecular formula is C27H20Cl2N2O4. The summed E-state index contributed by atoms with van der Waals surface area (Å²) >= 11 is 12.5. The first-order valence-corrected chi connectivity index (χ1v) is 11.3. The van der Waals surface area contributed by atoms with Crippen LogP contribution in [0.15, 0.2) is 79.1 Å². The average molecular weight is 507 g/mol. The molecule has 3 aromatic carbocycles. The molecule has 0 atom stereocenters. The smallest absolute Gasteiger partial charge is 0.338 e. The number of hydrogen-bond acceptors (Lipinski definition) is 5. The number of aromatic carboxylic acids is 1. The summed E-state index contributed by atoms with van der Waals surface area (Å²) in [6.07, 6.45) is 5.99. The van der Waals surface area contributed by atoms with Crippen LogP contribution in [0.1, 0.15) is 32.9 Å². The first kappa shape index (κ1) is 24.3. The van der Waals surface area contributed by atoms with Crippen LogP contribution in [0, 0.1) is 0 Å². The zero-order valence-electron chi connectivity index (χ0n) is 18.4. The van der Waals surface area contributed by atoms with Gasteiger partial charge in [0.1, 0.15) is 24.7 Å². The third-order valence-electron chi connectivity index (χ3n) is 4.95. The predicted octanol–water partition coefficient (Wildman–Crippen LogP) is 6.81. The van der Waals surface area contributed by atoms with Gasteiger partial charge in [-0.1, -0.05) is 65.7 Å². The topological polar surface area (TPSA) is 81.5 Å². The van der Waals surface area contributed by atoms with E-state index in [9.17, 15) is 4.79 Å². The Kier molecular flexibility index (Phi) is 7.98. The minimum absolute atomic E-state index is 0.0207. The Morgan fingerprint density at radius 1 is 0.800 bits per heavy atom. The first-order valence-electron chi connectivity index (χ1n) is 10.6. The van der Waals surface area contributed by atoms with E-state index in [0.29, 0.717) is 27.4 Å². The van der Waals surface area contributed by atoms with Crippen molar-refractivity contribution in [2.45, 2.75) is 13.2 Å². The second-order valence-electron chi connectivity index (χ2n) is 7.47. The van der Waals surface area contributed by atoms with Crippen molar-refractivity contribution in [3.05, 3.63) is 117 Å². The summed E-state index contributed by atoms with van der Waals surface area (Å²) in [5.41, 5.74) is 2.52. The van der Waals surface area contributed by atoms with E-state index in [1.165, 1.54) is 12.4 Å². The Morgan fingerprint density at radius 3 is 1.80 bits per heavy atom. The molecule has 0 bridgehead atoms. The molecule has 0 unspecified atom stereocenters. The number of carboxylic acid groups (broad SMARTS) is 1. The van der Waals surface area contributed by atoms with Crippen LogP contribution in [0.3, 0.4) is 0 Å². The van der Waals surface area contributed by atoms with Crippen LogP contribution in [0.2, 0.25) is 10.0 Å². The second kappa shape index (κ2) is 11.5. The quantitative estimate of drug-likeness (QED) is 0.268. The maximum atomic E-state index is 11.0. The van der Waals surface area contributed by atoms with Crippen LogP contribution >= 0.6 is 23.2 Å². The van der Waals surface area contributed by atoms with Crippen molar-refractivity contribution in [3.8, 4) is 11.5 Å². The van der Waals surface area contributed by atoms with Crippen molar-refractivity contribution < 1.29 is 19.4 Å². The van der Waals surface area contributed by atoms with Crippen LogP contribution in [-0.2, 0) is 13.2 Å². The van der Waals surface area contributed by atoms with Crippen molar-refractivity contribution in [3.63, 3.8) is 0 Å². The van der Waals surface area contributed by atoms with Gasteiger partial charge in [0.25, 0.3) is 0 Å². The molecule has 0 amide bonds. The number of rotatable bonds is 9. The highest BCUT2D eigenvalue weighted by Crippen LogP contribution is 2.27. The third-order valence-corrected chi connectivity index (χ3v) is 5.69. The van der Waals surface area contributed by atoms with E-state index in [1.54, 1.807) is 18.2 Å². The van der Waals surface area contributed by atoms with E-state index in [1.807, 2.05) is 60.7 Å². The number of nitrogens with zero attached hydrogens (tertiary/aromatic N) is 2. The molecule has 6 nitrogen and oxygen atoms in total. The Bertz CT molecular complexity index is 1290. The van der Waals surface area contributed by atoms with Gasteiger partial charge < -0.3 is 14.6 Å². The highest BCUT2D eigenvalue weighted by molar-refractivity contribution is 6.31. The fourth-order valence-electron chi connectivity index (χ4n) is 3.11. The summed E-state index contributed by atoms with van der Waals surface area (Å²) < 4.78 is 12.0. The number of carboxylic acids is 1. The van der Waals surface area contributed by atoms with E-state index in [-0.39, 0.29) is 18.8 Å². The van der Waals surface area contributed by atoms with Crippen molar-refractivity contribution >= 4 is 41.3 Å². The summed E-state index contributed by atoms with van der Waals surface area (Å²) in [4.78, 5) is 19.1. The van der Waals surface area contributed by atoms with Crippen LogP contribution in [0.5, 0.6) is 11.5 Å². The molecule has 35 heavy (non-hydrogen) atoms. The van der Waals surface area contributed by atoms with E-state index in [0.717, 1.165) is 16.7 Å². The highest BCUT2D eigenvalue weighted by Gasteiger charge is 2.07. The summed E-state index contributed by atoms with van der Waals surface area (Å²) in [6, 6.07) is 20.4. The molecule has 0 spiro atoms. The van der Waals surface area contributed by atoms with Gasteiger partial charge in [-0.15, -0.1) is 0 Å². The molecule has 1 aromatic heterocycles. The van der Waals surface area contributed by atoms with E-state index >= 15 is 0 Å². The minimum atomic E-state index is -1.08. The summed E-state index contributed by atoms with van der Waals surface area (Å²) in [7, 11) is 0. The largest absolute Gasteiger partial charge is 0.489 e. The monoisotopic (exact) mass is 506 g/mol. The zero-order valence-corrected chi connectivity index (χ0v) is 19.9. The van der Waals surface area contributed by atoms with E-state index in [4.69, 9.17) is 37.8 Å². The van der Waals surface area contributed by atoms with E-state index in [2.05, 4.69) is 9.97 Å². The molecular weight excluding hydrogens is 487 g/mol. The lowest BCUT2D eigenvalue weighted by molar-refractivity contribution is 0.0696. The molecule has 1 heterocycles. The fourth-order valence-corrected chi connectivity index (χ4v) is 3.50. The highest BCUT2D eigenvalue weighted by atomic mass is 35.5. The lowest BCUT2D eigenvalue weighted by Crippen LogP contribution is -2.00. The number of ether oxygens (including phenoxy) is 2. The molecule has 0 fully saturated rings. The lowest BCUT2D eigenvalue weighted by Gasteiger charge is -2.12. The van der Waals surface area contributed by atoms with Crippen LogP contribution in [0.4, 0.5) is 0 Å². The number of carbonyl (C=O) groups is 1. The van der Waals surface area contributed by atoms with Gasteiger partial charge in [0, 0.05) is 39.6 Å². The molecule has 0 radical (unpaired) electrons. The number of aromatic nitrogens is 2. The van der Waals surface area contributed by atoms with Gasteiger partial charge in [0.15, 0.2) is 5.82 Å². The molecule has 176 valence electrons. The SMILES string of the molecule is O=C(O)c1cnc(C=Cc2cc(OCc3ccccc3Cl)cc(OCc3ccccc3Cl)c2)nc1. The predicted molar refractivity (Wildman–Crippen MR) is 136 cm³/mol. The van der Waals surface area contributed by atoms with Gasteiger partial charge in [0.2, 0.25) is 0 Å². The van der Waals surface area contributed by atoms with Gasteiger partial charge in [-0.2, -0.15) is 0 Å². The number of hydrogen-bond donors (Lipinski definition) is 1. The first-order chi connectivity index (χ1) is 17.0. The molecule has 0 saturated heterocycles. The third kappa shape index (κ3) is 6.82. The van der Waals surface area contributed by atoms with Crippen molar-refractivity contribution in [2.75, 3.05) is 0 Å². The fraction of sp³-hybridized carbons (Fsp3) is 0.0741. The Morgan fingerprint density at radius 2 is 1.31 bits per heavy atom. The van der Waals surface area contributed by atoms with Gasteiger partial charge in [-0.25, -0.2) is 14.8 Å². The number of benzene rings is 3. The summed E-state index contributed by atoms with van der Waals surface area (Å²) in [5, 5.41) is 10.3. The van der Waals surface area contributed by atoms with Crippen LogP contribution < -0.4 is 9.47 Å². The molecule has 1 N–H and O–H groups in total. The standard InChI is InChI=1S/C27H20Cl2N2O4/c28-24-7-3-1-5-19(24)16-34-22-11-18(9-10-26-30-14-21(15-31-26)27(32)33)12-23(13-22)35-17-20-6-2-4-8-25(20)29/h1-15H,16-17H2,(H,32,33). The maximum absolute atomic E-state index is 11.0. The molecule has 8 heteroatoms. The molecule has 4 rings (SSSR count). The van der Waals surface area contributed by atoms with Crippen molar-refractivity contribution in [2.24, 2.45) is 0 Å². The summed E-state index contributed by atoms with van der Waals surface area (Å²) in [5.74, 6) is 0.465. The average Bonchev–Trinajstić information content (AvgIpc) is 2.87. The van der Waals surface area contributed by atoms with Crippen LogP contribution in [0.25, 0.3) is 12.2 Å². The van der Waals surface area contributed by atoms with Crippen LogP contribution in [-0.4, -0.2) is 21.0 Å². The summed E-state index contributed by atoms with van der Waals surface area (Å²) in [6.45, 7) is 0.576. The van der Waals surface area contributed by atoms with Gasteiger partial charge >= 0.3 is 5.97 Å². The van der Waals surface area contributed by atoms with Gasteiger partial charge in [-0.05, 0) is 35.9 Å². The Hall–Kier alpha value is -3.87. The van der Waals surface area contributed by atoms with E-state index < -0.39 is 5.97 Å². The number of halogens is 2. The molecule has 0 aliphatic heterocycles. The van der Waals surface area contributed by atoms with Crippen molar-refractivity contribution in [1.82, 2.24) is 9.97 Å². The van der Waals surface area contributed by atoms with Gasteiger partial charge in [0.05, 0.1) is 5.56 Å². The molecule has 0 aliphatic carbocycles. The normalized spacial score (nSPS) is 10.9. The second-order valence-corrected chi connectivity index (χ2v) is 8.28. The lowest BCUT2D eigenvalue weighted by atomic mass is 10.1. The zero-order chi connectivity index (χ0) is 24.6. The van der Waals surface area contributed by atoms with Crippen molar-refractivity contribution in [1.29, 1.82) is 0 Å². The van der Waals surface area contributed by atoms with Gasteiger partial charge in [-0.3, -0.25) is 0 Å². The molecule has 0 saturated carbocycles. The Labute approximate surface area is 212 Å². The minimum Gasteiger partial charge on any atom is -0.489 e. The molecule has 0 aliphatic rings.